The Labute approximate surface area is 229 Å². The van der Waals surface area contributed by atoms with Gasteiger partial charge in [-0.05, 0) is 79.6 Å². The first-order chi connectivity index (χ1) is 19.0. The van der Waals surface area contributed by atoms with Crippen LogP contribution in [0, 0.1) is 17.2 Å². The summed E-state index contributed by atoms with van der Waals surface area (Å²) in [7, 11) is 1.82. The highest BCUT2D eigenvalue weighted by Gasteiger charge is 2.22. The van der Waals surface area contributed by atoms with Crippen molar-refractivity contribution >= 4 is 34.5 Å². The van der Waals surface area contributed by atoms with Crippen LogP contribution in [0.3, 0.4) is 0 Å². The number of aryl methyl sites for hydroxylation is 2. The third kappa shape index (κ3) is 6.18. The monoisotopic (exact) mass is 519 g/mol. The van der Waals surface area contributed by atoms with E-state index < -0.39 is 0 Å². The molecular weight excluding hydrogens is 486 g/mol. The summed E-state index contributed by atoms with van der Waals surface area (Å²) >= 11 is 0. The number of benzene rings is 3. The lowest BCUT2D eigenvalue weighted by Crippen LogP contribution is -2.27. The third-order valence-corrected chi connectivity index (χ3v) is 7.62. The average Bonchev–Trinajstić information content (AvgIpc) is 3.60. The van der Waals surface area contributed by atoms with Gasteiger partial charge in [-0.1, -0.05) is 43.2 Å². The van der Waals surface area contributed by atoms with Crippen LogP contribution in [-0.4, -0.2) is 28.4 Å². The van der Waals surface area contributed by atoms with Gasteiger partial charge in [0.25, 0.3) is 5.91 Å². The van der Waals surface area contributed by atoms with E-state index in [0.717, 1.165) is 42.4 Å². The summed E-state index contributed by atoms with van der Waals surface area (Å²) in [6.45, 7) is 0.671. The average molecular weight is 520 g/mol. The number of imidazole rings is 1. The largest absolute Gasteiger partial charge is 0.315 e. The summed E-state index contributed by atoms with van der Waals surface area (Å²) in [6, 6.07) is 24.8. The fourth-order valence-corrected chi connectivity index (χ4v) is 5.35. The van der Waals surface area contributed by atoms with E-state index >= 15 is 0 Å². The first-order valence-corrected chi connectivity index (χ1v) is 13.6. The van der Waals surface area contributed by atoms with Gasteiger partial charge in [0.2, 0.25) is 11.9 Å². The SMILES string of the molecule is CN(C(=O)CC1CCCC1)c1ccc2c(c1)nc(NC(=O)c1ccc(C#N)cc1)n2CCCc1ccccc1. The molecule has 0 spiro atoms. The van der Waals surface area contributed by atoms with Crippen LogP contribution in [0.5, 0.6) is 0 Å². The summed E-state index contributed by atoms with van der Waals surface area (Å²) in [5, 5.41) is 12.0. The molecule has 5 rings (SSSR count). The van der Waals surface area contributed by atoms with Gasteiger partial charge in [-0.2, -0.15) is 5.26 Å². The van der Waals surface area contributed by atoms with Crippen molar-refractivity contribution in [1.29, 1.82) is 5.26 Å². The number of nitrogens with zero attached hydrogens (tertiary/aromatic N) is 4. The fraction of sp³-hybridized carbons (Fsp3) is 0.312. The molecule has 7 nitrogen and oxygen atoms in total. The van der Waals surface area contributed by atoms with Gasteiger partial charge in [-0.25, -0.2) is 4.98 Å². The maximum atomic E-state index is 13.1. The number of rotatable bonds is 9. The predicted molar refractivity (Wildman–Crippen MR) is 154 cm³/mol. The second kappa shape index (κ2) is 12.0. The van der Waals surface area contributed by atoms with Crippen LogP contribution in [0.1, 0.15) is 60.0 Å². The number of carbonyl (C=O) groups is 2. The van der Waals surface area contributed by atoms with Crippen molar-refractivity contribution in [2.75, 3.05) is 17.3 Å². The molecule has 1 aliphatic carbocycles. The molecule has 0 radical (unpaired) electrons. The zero-order valence-electron chi connectivity index (χ0n) is 22.3. The highest BCUT2D eigenvalue weighted by molar-refractivity contribution is 6.04. The molecule has 2 amide bonds. The summed E-state index contributed by atoms with van der Waals surface area (Å²) in [6.07, 6.45) is 7.05. The summed E-state index contributed by atoms with van der Waals surface area (Å²) in [4.78, 5) is 32.5. The van der Waals surface area contributed by atoms with Crippen LogP contribution in [-0.2, 0) is 17.8 Å². The van der Waals surface area contributed by atoms with E-state index in [-0.39, 0.29) is 11.8 Å². The van der Waals surface area contributed by atoms with Crippen molar-refractivity contribution in [2.24, 2.45) is 5.92 Å². The van der Waals surface area contributed by atoms with E-state index in [1.165, 1.54) is 18.4 Å². The number of hydrogen-bond acceptors (Lipinski definition) is 4. The standard InChI is InChI=1S/C32H33N5O2/c1-36(30(38)20-24-10-5-6-11-24)27-17-18-29-28(21-27)34-32(35-31(39)26-15-13-25(22-33)14-16-26)37(29)19-7-12-23-8-3-2-4-9-23/h2-4,8-9,13-18,21,24H,5-7,10-12,19-20H2,1H3,(H,34,35,39). The Morgan fingerprint density at radius 3 is 2.51 bits per heavy atom. The zero-order valence-corrected chi connectivity index (χ0v) is 22.3. The molecule has 1 N–H and O–H groups in total. The maximum Gasteiger partial charge on any atom is 0.257 e. The molecule has 1 aliphatic rings. The van der Waals surface area contributed by atoms with E-state index in [4.69, 9.17) is 10.2 Å². The van der Waals surface area contributed by atoms with Gasteiger partial charge in [-0.3, -0.25) is 14.9 Å². The molecule has 198 valence electrons. The van der Waals surface area contributed by atoms with E-state index in [0.29, 0.717) is 36.0 Å². The minimum atomic E-state index is -0.289. The second-order valence-corrected chi connectivity index (χ2v) is 10.3. The predicted octanol–water partition coefficient (Wildman–Crippen LogP) is 6.34. The van der Waals surface area contributed by atoms with E-state index in [9.17, 15) is 9.59 Å². The van der Waals surface area contributed by atoms with Crippen LogP contribution >= 0.6 is 0 Å². The molecule has 1 fully saturated rings. The van der Waals surface area contributed by atoms with Gasteiger partial charge >= 0.3 is 0 Å². The lowest BCUT2D eigenvalue weighted by Gasteiger charge is -2.19. The van der Waals surface area contributed by atoms with Gasteiger partial charge in [0.15, 0.2) is 0 Å². The lowest BCUT2D eigenvalue weighted by atomic mass is 10.0. The third-order valence-electron chi connectivity index (χ3n) is 7.62. The molecular formula is C32H33N5O2. The number of nitriles is 1. The van der Waals surface area contributed by atoms with Crippen LogP contribution < -0.4 is 10.2 Å². The van der Waals surface area contributed by atoms with Crippen molar-refractivity contribution in [2.45, 2.75) is 51.5 Å². The van der Waals surface area contributed by atoms with Gasteiger partial charge in [0.05, 0.1) is 22.7 Å². The van der Waals surface area contributed by atoms with Gasteiger partial charge < -0.3 is 9.47 Å². The van der Waals surface area contributed by atoms with Crippen LogP contribution in [0.25, 0.3) is 11.0 Å². The highest BCUT2D eigenvalue weighted by atomic mass is 16.2. The molecule has 7 heteroatoms. The molecule has 1 aromatic heterocycles. The first kappa shape index (κ1) is 26.2. The Morgan fingerprint density at radius 1 is 1.05 bits per heavy atom. The number of amides is 2. The number of nitrogens with one attached hydrogen (secondary N) is 1. The number of hydrogen-bond donors (Lipinski definition) is 1. The Bertz CT molecular complexity index is 1500. The molecule has 0 bridgehead atoms. The lowest BCUT2D eigenvalue weighted by molar-refractivity contribution is -0.119. The highest BCUT2D eigenvalue weighted by Crippen LogP contribution is 2.30. The van der Waals surface area contributed by atoms with Gasteiger partial charge in [0.1, 0.15) is 0 Å². The molecule has 0 saturated heterocycles. The topological polar surface area (TPSA) is 91.0 Å². The number of fused-ring (bicyclic) bond motifs is 1. The maximum absolute atomic E-state index is 13.1. The van der Waals surface area contributed by atoms with Gasteiger partial charge in [-0.15, -0.1) is 0 Å². The molecule has 4 aromatic rings. The minimum absolute atomic E-state index is 0.123. The van der Waals surface area contributed by atoms with Gasteiger partial charge in [0, 0.05) is 31.3 Å². The van der Waals surface area contributed by atoms with Crippen molar-refractivity contribution < 1.29 is 9.59 Å². The van der Waals surface area contributed by atoms with E-state index in [1.54, 1.807) is 29.2 Å². The Kier molecular flexibility index (Phi) is 8.02. The summed E-state index contributed by atoms with van der Waals surface area (Å²) in [5.41, 5.74) is 4.63. The molecule has 0 unspecified atom stereocenters. The van der Waals surface area contributed by atoms with Crippen LogP contribution in [0.15, 0.2) is 72.8 Å². The summed E-state index contributed by atoms with van der Waals surface area (Å²) in [5.74, 6) is 0.780. The first-order valence-electron chi connectivity index (χ1n) is 13.6. The Hall–Kier alpha value is -4.44. The normalized spacial score (nSPS) is 13.3. The van der Waals surface area contributed by atoms with Crippen molar-refractivity contribution in [3.05, 3.63) is 89.5 Å². The minimum Gasteiger partial charge on any atom is -0.315 e. The zero-order chi connectivity index (χ0) is 27.2. The summed E-state index contributed by atoms with van der Waals surface area (Å²) < 4.78 is 2.03. The second-order valence-electron chi connectivity index (χ2n) is 10.3. The Morgan fingerprint density at radius 2 is 1.79 bits per heavy atom. The fourth-order valence-electron chi connectivity index (χ4n) is 5.35. The quantitative estimate of drug-likeness (QED) is 0.279. The molecule has 0 atom stereocenters. The molecule has 3 aromatic carbocycles. The van der Waals surface area contributed by atoms with Crippen LogP contribution in [0.4, 0.5) is 11.6 Å². The van der Waals surface area contributed by atoms with Crippen molar-refractivity contribution in [3.8, 4) is 6.07 Å². The number of aromatic nitrogens is 2. The number of carbonyl (C=O) groups excluding carboxylic acids is 2. The van der Waals surface area contributed by atoms with E-state index in [2.05, 4.69) is 23.5 Å². The Balaban J connectivity index is 1.39. The smallest absolute Gasteiger partial charge is 0.257 e. The van der Waals surface area contributed by atoms with Crippen molar-refractivity contribution in [3.63, 3.8) is 0 Å². The van der Waals surface area contributed by atoms with Crippen molar-refractivity contribution in [1.82, 2.24) is 9.55 Å². The molecule has 1 saturated carbocycles. The molecule has 1 heterocycles. The molecule has 0 aliphatic heterocycles. The molecule has 39 heavy (non-hydrogen) atoms. The van der Waals surface area contributed by atoms with E-state index in [1.807, 2.05) is 48.0 Å². The number of anilines is 2. The van der Waals surface area contributed by atoms with Crippen LogP contribution in [0.2, 0.25) is 0 Å².